The molecule has 0 N–H and O–H groups in total. The monoisotopic (exact) mass is 329 g/mol. The van der Waals surface area contributed by atoms with Gasteiger partial charge in [-0.05, 0) is 17.7 Å². The number of rotatable bonds is 8. The van der Waals surface area contributed by atoms with E-state index in [-0.39, 0.29) is 5.91 Å². The van der Waals surface area contributed by atoms with E-state index in [1.165, 1.54) is 0 Å². The van der Waals surface area contributed by atoms with Gasteiger partial charge in [0.1, 0.15) is 5.75 Å². The molecule has 4 nitrogen and oxygen atoms in total. The normalized spacial score (nSPS) is 10.3. The van der Waals surface area contributed by atoms with Gasteiger partial charge in [0.2, 0.25) is 5.91 Å². The number of carbonyl (C=O) groups excluding carboxylic acids is 1. The molecule has 106 valence electrons. The van der Waals surface area contributed by atoms with E-state index in [1.807, 2.05) is 24.3 Å². The number of carbonyl (C=O) groups is 1. The SMILES string of the molecule is COCCN(CCBr)C(=O)Cc1cccc(OC)c1. The Morgan fingerprint density at radius 2 is 2.11 bits per heavy atom. The third-order valence-electron chi connectivity index (χ3n) is 2.76. The lowest BCUT2D eigenvalue weighted by molar-refractivity contribution is -0.130. The molecule has 19 heavy (non-hydrogen) atoms. The van der Waals surface area contributed by atoms with Crippen LogP contribution in [0.5, 0.6) is 5.75 Å². The molecule has 1 aromatic carbocycles. The van der Waals surface area contributed by atoms with Gasteiger partial charge in [0, 0.05) is 25.5 Å². The standard InChI is InChI=1S/C14H20BrNO3/c1-18-9-8-16(7-6-15)14(17)11-12-4-3-5-13(10-12)19-2/h3-5,10H,6-9,11H2,1-2H3. The van der Waals surface area contributed by atoms with Crippen LogP contribution in [0.25, 0.3) is 0 Å². The van der Waals surface area contributed by atoms with E-state index in [1.54, 1.807) is 19.1 Å². The van der Waals surface area contributed by atoms with E-state index < -0.39 is 0 Å². The van der Waals surface area contributed by atoms with Gasteiger partial charge in [0.25, 0.3) is 0 Å². The molecule has 0 unspecified atom stereocenters. The molecule has 1 aromatic rings. The van der Waals surface area contributed by atoms with Crippen LogP contribution in [0.3, 0.4) is 0 Å². The maximum absolute atomic E-state index is 12.2. The van der Waals surface area contributed by atoms with E-state index in [0.29, 0.717) is 26.1 Å². The summed E-state index contributed by atoms with van der Waals surface area (Å²) in [6, 6.07) is 7.59. The van der Waals surface area contributed by atoms with Crippen molar-refractivity contribution in [1.29, 1.82) is 0 Å². The van der Waals surface area contributed by atoms with Crippen molar-refractivity contribution >= 4 is 21.8 Å². The molecule has 0 atom stereocenters. The molecule has 0 aromatic heterocycles. The third kappa shape index (κ3) is 5.61. The van der Waals surface area contributed by atoms with Crippen LogP contribution in [0, 0.1) is 0 Å². The van der Waals surface area contributed by atoms with Crippen LogP contribution in [0.2, 0.25) is 0 Å². The third-order valence-corrected chi connectivity index (χ3v) is 3.12. The highest BCUT2D eigenvalue weighted by atomic mass is 79.9. The highest BCUT2D eigenvalue weighted by Gasteiger charge is 2.13. The molecule has 1 rings (SSSR count). The number of nitrogens with zero attached hydrogens (tertiary/aromatic N) is 1. The van der Waals surface area contributed by atoms with Crippen LogP contribution in [0.4, 0.5) is 0 Å². The second-order valence-corrected chi connectivity index (χ2v) is 4.88. The molecule has 0 saturated heterocycles. The molecular weight excluding hydrogens is 310 g/mol. The first kappa shape index (κ1) is 16.0. The number of alkyl halides is 1. The molecule has 0 heterocycles. The smallest absolute Gasteiger partial charge is 0.227 e. The van der Waals surface area contributed by atoms with Crippen LogP contribution < -0.4 is 4.74 Å². The summed E-state index contributed by atoms with van der Waals surface area (Å²) in [6.45, 7) is 1.86. The fraction of sp³-hybridized carbons (Fsp3) is 0.500. The predicted molar refractivity (Wildman–Crippen MR) is 78.9 cm³/mol. The molecule has 0 fully saturated rings. The first-order chi connectivity index (χ1) is 9.21. The van der Waals surface area contributed by atoms with E-state index in [2.05, 4.69) is 15.9 Å². The van der Waals surface area contributed by atoms with Gasteiger partial charge in [-0.25, -0.2) is 0 Å². The van der Waals surface area contributed by atoms with Gasteiger partial charge >= 0.3 is 0 Å². The average molecular weight is 330 g/mol. The molecule has 1 amide bonds. The average Bonchev–Trinajstić information content (AvgIpc) is 2.43. The van der Waals surface area contributed by atoms with Crippen LogP contribution in [-0.4, -0.2) is 50.1 Å². The maximum Gasteiger partial charge on any atom is 0.227 e. The molecular formula is C14H20BrNO3. The van der Waals surface area contributed by atoms with E-state index in [4.69, 9.17) is 9.47 Å². The molecule has 5 heteroatoms. The maximum atomic E-state index is 12.2. The lowest BCUT2D eigenvalue weighted by Gasteiger charge is -2.21. The Bertz CT molecular complexity index is 398. The number of halogens is 1. The number of ether oxygens (including phenoxy) is 2. The molecule has 0 spiro atoms. The van der Waals surface area contributed by atoms with Gasteiger partial charge in [0.05, 0.1) is 20.1 Å². The minimum absolute atomic E-state index is 0.102. The van der Waals surface area contributed by atoms with Crippen molar-refractivity contribution in [1.82, 2.24) is 4.90 Å². The Morgan fingerprint density at radius 3 is 2.74 bits per heavy atom. The first-order valence-electron chi connectivity index (χ1n) is 6.17. The minimum Gasteiger partial charge on any atom is -0.497 e. The van der Waals surface area contributed by atoms with E-state index in [9.17, 15) is 4.79 Å². The predicted octanol–water partition coefficient (Wildman–Crippen LogP) is 2.11. The summed E-state index contributed by atoms with van der Waals surface area (Å²) in [5.74, 6) is 0.874. The second kappa shape index (κ2) is 8.93. The lowest BCUT2D eigenvalue weighted by Crippen LogP contribution is -2.36. The van der Waals surface area contributed by atoms with Gasteiger partial charge in [-0.2, -0.15) is 0 Å². The van der Waals surface area contributed by atoms with Gasteiger partial charge in [-0.3, -0.25) is 4.79 Å². The Hall–Kier alpha value is -1.07. The van der Waals surface area contributed by atoms with Crippen molar-refractivity contribution < 1.29 is 14.3 Å². The van der Waals surface area contributed by atoms with Gasteiger partial charge in [-0.1, -0.05) is 28.1 Å². The van der Waals surface area contributed by atoms with Crippen LogP contribution in [0.15, 0.2) is 24.3 Å². The quantitative estimate of drug-likeness (QED) is 0.686. The number of methoxy groups -OCH3 is 2. The topological polar surface area (TPSA) is 38.8 Å². The van der Waals surface area contributed by atoms with E-state index in [0.717, 1.165) is 16.6 Å². The summed E-state index contributed by atoms with van der Waals surface area (Å²) < 4.78 is 10.2. The molecule has 0 aliphatic heterocycles. The van der Waals surface area contributed by atoms with Gasteiger partial charge in [0.15, 0.2) is 0 Å². The fourth-order valence-electron chi connectivity index (χ4n) is 1.73. The molecule has 0 aliphatic carbocycles. The Kier molecular flexibility index (Phi) is 7.52. The molecule has 0 aliphatic rings. The number of hydrogen-bond acceptors (Lipinski definition) is 3. The van der Waals surface area contributed by atoms with Crippen LogP contribution in [0.1, 0.15) is 5.56 Å². The second-order valence-electron chi connectivity index (χ2n) is 4.09. The zero-order valence-electron chi connectivity index (χ0n) is 11.4. The zero-order valence-corrected chi connectivity index (χ0v) is 13.0. The number of hydrogen-bond donors (Lipinski definition) is 0. The van der Waals surface area contributed by atoms with Crippen molar-refractivity contribution in [2.45, 2.75) is 6.42 Å². The Labute approximate surface area is 122 Å². The first-order valence-corrected chi connectivity index (χ1v) is 7.29. The molecule has 0 saturated carbocycles. The Balaban J connectivity index is 2.63. The molecule has 0 radical (unpaired) electrons. The highest BCUT2D eigenvalue weighted by molar-refractivity contribution is 9.09. The number of benzene rings is 1. The molecule has 0 bridgehead atoms. The van der Waals surface area contributed by atoms with Crippen molar-refractivity contribution in [2.24, 2.45) is 0 Å². The largest absolute Gasteiger partial charge is 0.497 e. The summed E-state index contributed by atoms with van der Waals surface area (Å²) in [5, 5.41) is 0.764. The van der Waals surface area contributed by atoms with Crippen molar-refractivity contribution in [2.75, 3.05) is 39.2 Å². The number of amides is 1. The Morgan fingerprint density at radius 1 is 1.32 bits per heavy atom. The fourth-order valence-corrected chi connectivity index (χ4v) is 2.16. The minimum atomic E-state index is 0.102. The summed E-state index contributed by atoms with van der Waals surface area (Å²) in [4.78, 5) is 14.0. The highest BCUT2D eigenvalue weighted by Crippen LogP contribution is 2.13. The van der Waals surface area contributed by atoms with Crippen molar-refractivity contribution in [3.05, 3.63) is 29.8 Å². The zero-order chi connectivity index (χ0) is 14.1. The van der Waals surface area contributed by atoms with Crippen LogP contribution >= 0.6 is 15.9 Å². The van der Waals surface area contributed by atoms with Gasteiger partial charge in [-0.15, -0.1) is 0 Å². The summed E-state index contributed by atoms with van der Waals surface area (Å²) in [6.07, 6.45) is 0.383. The van der Waals surface area contributed by atoms with Crippen molar-refractivity contribution in [3.63, 3.8) is 0 Å². The summed E-state index contributed by atoms with van der Waals surface area (Å²) >= 11 is 3.36. The summed E-state index contributed by atoms with van der Waals surface area (Å²) in [5.41, 5.74) is 0.960. The summed E-state index contributed by atoms with van der Waals surface area (Å²) in [7, 11) is 3.26. The van der Waals surface area contributed by atoms with E-state index >= 15 is 0 Å². The van der Waals surface area contributed by atoms with Crippen LogP contribution in [-0.2, 0) is 16.0 Å². The van der Waals surface area contributed by atoms with Gasteiger partial charge < -0.3 is 14.4 Å². The lowest BCUT2D eigenvalue weighted by atomic mass is 10.1. The van der Waals surface area contributed by atoms with Crippen molar-refractivity contribution in [3.8, 4) is 5.75 Å².